The topological polar surface area (TPSA) is 61.2 Å². The minimum absolute atomic E-state index is 0.0539. The summed E-state index contributed by atoms with van der Waals surface area (Å²) in [5, 5.41) is 4.18. The van der Waals surface area contributed by atoms with Gasteiger partial charge in [-0.3, -0.25) is 4.79 Å². The van der Waals surface area contributed by atoms with Gasteiger partial charge in [0.1, 0.15) is 0 Å². The molecule has 0 aliphatic carbocycles. The summed E-state index contributed by atoms with van der Waals surface area (Å²) in [6.45, 7) is 3.69. The Kier molecular flexibility index (Phi) is 3.75. The van der Waals surface area contributed by atoms with Crippen molar-refractivity contribution in [1.29, 1.82) is 0 Å². The summed E-state index contributed by atoms with van der Waals surface area (Å²) in [5.74, 6) is -0.581. The smallest absolute Gasteiger partial charge is 0.359 e. The first kappa shape index (κ1) is 13.0. The minimum atomic E-state index is -0.581. The van der Waals surface area contributed by atoms with Crippen molar-refractivity contribution in [2.45, 2.75) is 13.8 Å². The number of para-hydroxylation sites is 1. The molecule has 1 heterocycles. The Morgan fingerprint density at radius 2 is 2.05 bits per heavy atom. The first-order chi connectivity index (χ1) is 9.19. The van der Waals surface area contributed by atoms with Crippen molar-refractivity contribution in [3.8, 4) is 5.69 Å². The van der Waals surface area contributed by atoms with Gasteiger partial charge in [0.2, 0.25) is 0 Å². The van der Waals surface area contributed by atoms with E-state index in [1.165, 1.54) is 0 Å². The highest BCUT2D eigenvalue weighted by Crippen LogP contribution is 2.17. The standard InChI is InChI=1S/C14H14N2O3/c1-3-19-14(18)13-12(9-17)10(2)16(15-13)11-7-5-4-6-8-11/h4-9H,3H2,1-2H3. The maximum Gasteiger partial charge on any atom is 0.359 e. The highest BCUT2D eigenvalue weighted by atomic mass is 16.5. The second-order valence-corrected chi connectivity index (χ2v) is 3.93. The van der Waals surface area contributed by atoms with Crippen molar-refractivity contribution in [2.24, 2.45) is 0 Å². The number of benzene rings is 1. The molecule has 5 heteroatoms. The zero-order valence-electron chi connectivity index (χ0n) is 10.8. The van der Waals surface area contributed by atoms with Crippen molar-refractivity contribution in [1.82, 2.24) is 9.78 Å². The number of aldehydes is 1. The van der Waals surface area contributed by atoms with Crippen LogP contribution in [-0.2, 0) is 4.74 Å². The summed E-state index contributed by atoms with van der Waals surface area (Å²) in [5.41, 5.74) is 1.73. The maximum atomic E-state index is 11.8. The fraction of sp³-hybridized carbons (Fsp3) is 0.214. The molecule has 0 aliphatic rings. The number of rotatable bonds is 4. The van der Waals surface area contributed by atoms with Crippen molar-refractivity contribution in [3.63, 3.8) is 0 Å². The first-order valence-corrected chi connectivity index (χ1v) is 5.96. The van der Waals surface area contributed by atoms with Gasteiger partial charge in [-0.25, -0.2) is 9.48 Å². The molecule has 0 saturated carbocycles. The Morgan fingerprint density at radius 3 is 2.63 bits per heavy atom. The molecule has 19 heavy (non-hydrogen) atoms. The van der Waals surface area contributed by atoms with Crippen LogP contribution in [0.2, 0.25) is 0 Å². The monoisotopic (exact) mass is 258 g/mol. The zero-order chi connectivity index (χ0) is 13.8. The number of carbonyl (C=O) groups excluding carboxylic acids is 2. The molecule has 0 amide bonds. The number of hydrogen-bond donors (Lipinski definition) is 0. The van der Waals surface area contributed by atoms with E-state index in [9.17, 15) is 9.59 Å². The Hall–Kier alpha value is -2.43. The second kappa shape index (κ2) is 5.48. The predicted molar refractivity (Wildman–Crippen MR) is 69.6 cm³/mol. The molecular formula is C14H14N2O3. The number of ether oxygens (including phenoxy) is 1. The Morgan fingerprint density at radius 1 is 1.37 bits per heavy atom. The maximum absolute atomic E-state index is 11.8. The van der Waals surface area contributed by atoms with Crippen LogP contribution in [0.15, 0.2) is 30.3 Å². The zero-order valence-corrected chi connectivity index (χ0v) is 10.8. The van der Waals surface area contributed by atoms with Gasteiger partial charge < -0.3 is 4.74 Å². The van der Waals surface area contributed by atoms with Crippen LogP contribution in [0.4, 0.5) is 0 Å². The van der Waals surface area contributed by atoms with Crippen molar-refractivity contribution < 1.29 is 14.3 Å². The average Bonchev–Trinajstić information content (AvgIpc) is 2.77. The Balaban J connectivity index is 2.53. The van der Waals surface area contributed by atoms with Crippen molar-refractivity contribution >= 4 is 12.3 Å². The molecule has 0 bridgehead atoms. The summed E-state index contributed by atoms with van der Waals surface area (Å²) in [6, 6.07) is 9.31. The van der Waals surface area contributed by atoms with Gasteiger partial charge in [0, 0.05) is 0 Å². The second-order valence-electron chi connectivity index (χ2n) is 3.93. The van der Waals surface area contributed by atoms with Gasteiger partial charge in [-0.2, -0.15) is 5.10 Å². The summed E-state index contributed by atoms with van der Waals surface area (Å²) in [4.78, 5) is 22.9. The van der Waals surface area contributed by atoms with E-state index in [-0.39, 0.29) is 17.9 Å². The van der Waals surface area contributed by atoms with Gasteiger partial charge in [0.15, 0.2) is 12.0 Å². The fourth-order valence-corrected chi connectivity index (χ4v) is 1.83. The van der Waals surface area contributed by atoms with E-state index in [4.69, 9.17) is 4.74 Å². The molecule has 0 fully saturated rings. The molecule has 0 N–H and O–H groups in total. The predicted octanol–water partition coefficient (Wildman–Crippen LogP) is 2.17. The lowest BCUT2D eigenvalue weighted by atomic mass is 10.2. The third kappa shape index (κ3) is 2.40. The van der Waals surface area contributed by atoms with E-state index in [2.05, 4.69) is 5.10 Å². The van der Waals surface area contributed by atoms with Crippen molar-refractivity contribution in [2.75, 3.05) is 6.61 Å². The summed E-state index contributed by atoms with van der Waals surface area (Å²) >= 11 is 0. The summed E-state index contributed by atoms with van der Waals surface area (Å²) < 4.78 is 6.47. The highest BCUT2D eigenvalue weighted by Gasteiger charge is 2.21. The van der Waals surface area contributed by atoms with Crippen LogP contribution >= 0.6 is 0 Å². The van der Waals surface area contributed by atoms with Gasteiger partial charge in [-0.15, -0.1) is 0 Å². The molecule has 1 aromatic carbocycles. The molecule has 0 radical (unpaired) electrons. The first-order valence-electron chi connectivity index (χ1n) is 5.96. The van der Waals surface area contributed by atoms with Gasteiger partial charge in [-0.05, 0) is 26.0 Å². The molecule has 2 rings (SSSR count). The SMILES string of the molecule is CCOC(=O)c1nn(-c2ccccc2)c(C)c1C=O. The summed E-state index contributed by atoms with van der Waals surface area (Å²) in [7, 11) is 0. The van der Waals surface area contributed by atoms with Gasteiger partial charge in [0.05, 0.1) is 23.6 Å². The van der Waals surface area contributed by atoms with Crippen LogP contribution in [0.5, 0.6) is 0 Å². The molecule has 0 saturated heterocycles. The average molecular weight is 258 g/mol. The quantitative estimate of drug-likeness (QED) is 0.623. The molecule has 98 valence electrons. The number of nitrogens with zero attached hydrogens (tertiary/aromatic N) is 2. The van der Waals surface area contributed by atoms with Gasteiger partial charge in [-0.1, -0.05) is 18.2 Å². The van der Waals surface area contributed by atoms with Crippen LogP contribution in [0, 0.1) is 6.92 Å². The third-order valence-electron chi connectivity index (χ3n) is 2.75. The lowest BCUT2D eigenvalue weighted by Gasteiger charge is -2.02. The molecule has 5 nitrogen and oxygen atoms in total. The van der Waals surface area contributed by atoms with Crippen LogP contribution in [0.25, 0.3) is 5.69 Å². The lowest BCUT2D eigenvalue weighted by molar-refractivity contribution is 0.0517. The lowest BCUT2D eigenvalue weighted by Crippen LogP contribution is -2.08. The molecule has 0 atom stereocenters. The molecule has 2 aromatic rings. The highest BCUT2D eigenvalue weighted by molar-refractivity contribution is 5.97. The largest absolute Gasteiger partial charge is 0.461 e. The van der Waals surface area contributed by atoms with E-state index in [1.807, 2.05) is 30.3 Å². The van der Waals surface area contributed by atoms with Crippen LogP contribution in [0.3, 0.4) is 0 Å². The van der Waals surface area contributed by atoms with Gasteiger partial charge >= 0.3 is 5.97 Å². The molecular weight excluding hydrogens is 244 g/mol. The van der Waals surface area contributed by atoms with Crippen LogP contribution in [-0.4, -0.2) is 28.6 Å². The number of hydrogen-bond acceptors (Lipinski definition) is 4. The third-order valence-corrected chi connectivity index (χ3v) is 2.75. The van der Waals surface area contributed by atoms with E-state index >= 15 is 0 Å². The van der Waals surface area contributed by atoms with E-state index < -0.39 is 5.97 Å². The van der Waals surface area contributed by atoms with Crippen molar-refractivity contribution in [3.05, 3.63) is 47.3 Å². The Labute approximate surface area is 110 Å². The van der Waals surface area contributed by atoms with E-state index in [0.717, 1.165) is 5.69 Å². The minimum Gasteiger partial charge on any atom is -0.461 e. The molecule has 0 spiro atoms. The molecule has 1 aromatic heterocycles. The number of esters is 1. The summed E-state index contributed by atoms with van der Waals surface area (Å²) in [6.07, 6.45) is 0.633. The van der Waals surface area contributed by atoms with Gasteiger partial charge in [0.25, 0.3) is 0 Å². The molecule has 0 unspecified atom stereocenters. The fourth-order valence-electron chi connectivity index (χ4n) is 1.83. The molecule has 0 aliphatic heterocycles. The van der Waals surface area contributed by atoms with E-state index in [1.54, 1.807) is 18.5 Å². The van der Waals surface area contributed by atoms with Crippen LogP contribution in [0.1, 0.15) is 33.5 Å². The number of aromatic nitrogens is 2. The van der Waals surface area contributed by atoms with Crippen LogP contribution < -0.4 is 0 Å². The number of carbonyl (C=O) groups is 2. The normalized spacial score (nSPS) is 10.2. The van der Waals surface area contributed by atoms with E-state index in [0.29, 0.717) is 12.0 Å². The Bertz CT molecular complexity index is 603.